The van der Waals surface area contributed by atoms with Gasteiger partial charge < -0.3 is 25.4 Å². The first-order valence-corrected chi connectivity index (χ1v) is 11.8. The molecule has 0 saturated carbocycles. The van der Waals surface area contributed by atoms with Crippen LogP contribution < -0.4 is 25.4 Å². The second-order valence-electron chi connectivity index (χ2n) is 7.88. The summed E-state index contributed by atoms with van der Waals surface area (Å²) in [6.07, 6.45) is 1.16. The van der Waals surface area contributed by atoms with Gasteiger partial charge in [-0.15, -0.1) is 0 Å². The molecule has 0 saturated heterocycles. The van der Waals surface area contributed by atoms with Crippen molar-refractivity contribution in [2.45, 2.75) is 32.4 Å². The molecule has 3 N–H and O–H groups in total. The molecule has 0 aromatic heterocycles. The first kappa shape index (κ1) is 25.9. The summed E-state index contributed by atoms with van der Waals surface area (Å²) >= 11 is 6.28. The zero-order valence-corrected chi connectivity index (χ0v) is 20.6. The Morgan fingerprint density at radius 3 is 2.34 bits per heavy atom. The lowest BCUT2D eigenvalue weighted by molar-refractivity contribution is -0.117. The van der Waals surface area contributed by atoms with Crippen LogP contribution in [0.1, 0.15) is 24.5 Å². The molecule has 0 fully saturated rings. The molecule has 8 heteroatoms. The number of rotatable bonds is 11. The molecule has 3 aromatic carbocycles. The maximum Gasteiger partial charge on any atom is 0.315 e. The summed E-state index contributed by atoms with van der Waals surface area (Å²) in [7, 11) is 1.50. The van der Waals surface area contributed by atoms with Crippen LogP contribution in [0.25, 0.3) is 0 Å². The molecule has 7 nitrogen and oxygen atoms in total. The van der Waals surface area contributed by atoms with Gasteiger partial charge in [0.2, 0.25) is 5.91 Å². The highest BCUT2D eigenvalue weighted by Gasteiger charge is 2.21. The molecule has 184 valence electrons. The number of carbonyl (C=O) groups excluding carboxylic acids is 2. The topological polar surface area (TPSA) is 88.7 Å². The van der Waals surface area contributed by atoms with Crippen molar-refractivity contribution in [1.29, 1.82) is 0 Å². The van der Waals surface area contributed by atoms with Gasteiger partial charge in [0.1, 0.15) is 24.1 Å². The minimum Gasteiger partial charge on any atom is -0.492 e. The van der Waals surface area contributed by atoms with Crippen molar-refractivity contribution in [2.75, 3.05) is 19.0 Å². The van der Waals surface area contributed by atoms with Crippen molar-refractivity contribution in [2.24, 2.45) is 0 Å². The summed E-state index contributed by atoms with van der Waals surface area (Å²) in [6, 6.07) is 21.1. The van der Waals surface area contributed by atoms with Crippen LogP contribution in [-0.2, 0) is 17.8 Å². The van der Waals surface area contributed by atoms with Crippen molar-refractivity contribution in [3.63, 3.8) is 0 Å². The molecule has 1 atom stereocenters. The van der Waals surface area contributed by atoms with Crippen LogP contribution in [-0.4, -0.2) is 31.6 Å². The van der Waals surface area contributed by atoms with E-state index >= 15 is 0 Å². The summed E-state index contributed by atoms with van der Waals surface area (Å²) in [6.45, 7) is 3.03. The number of benzene rings is 3. The van der Waals surface area contributed by atoms with Crippen LogP contribution in [0.5, 0.6) is 11.5 Å². The number of hydrogen-bond donors (Lipinski definition) is 3. The Bertz CT molecular complexity index is 1110. The molecule has 0 aliphatic carbocycles. The summed E-state index contributed by atoms with van der Waals surface area (Å²) < 4.78 is 11.4. The van der Waals surface area contributed by atoms with Crippen LogP contribution >= 0.6 is 11.6 Å². The Morgan fingerprint density at radius 2 is 1.69 bits per heavy atom. The third-order valence-electron chi connectivity index (χ3n) is 5.12. The highest BCUT2D eigenvalue weighted by molar-refractivity contribution is 6.32. The number of hydrogen-bond acceptors (Lipinski definition) is 4. The Hall–Kier alpha value is -3.71. The van der Waals surface area contributed by atoms with Gasteiger partial charge in [-0.2, -0.15) is 0 Å². The molecule has 3 amide bonds. The maximum absolute atomic E-state index is 13.0. The summed E-state index contributed by atoms with van der Waals surface area (Å²) in [4.78, 5) is 25.0. The largest absolute Gasteiger partial charge is 0.492 e. The van der Waals surface area contributed by atoms with Gasteiger partial charge in [-0.3, -0.25) is 4.79 Å². The second kappa shape index (κ2) is 13.2. The summed E-state index contributed by atoms with van der Waals surface area (Å²) in [5.74, 6) is 0.912. The van der Waals surface area contributed by atoms with Gasteiger partial charge in [-0.1, -0.05) is 61.0 Å². The van der Waals surface area contributed by atoms with E-state index in [-0.39, 0.29) is 5.91 Å². The molecule has 0 bridgehead atoms. The molecule has 1 unspecified atom stereocenters. The van der Waals surface area contributed by atoms with E-state index in [1.165, 1.54) is 7.05 Å². The van der Waals surface area contributed by atoms with Crippen LogP contribution in [0.3, 0.4) is 0 Å². The monoisotopic (exact) mass is 495 g/mol. The standard InChI is InChI=1S/C27H30ClN3O4/c1-3-15-34-25-14-11-21(17-23(25)28)30-26(32)24(31-27(33)29-2)16-19-9-12-22(13-10-19)35-18-20-7-5-4-6-8-20/h4-14,17,24H,3,15-16,18H2,1-2H3,(H,30,32)(H2,29,31,33). The third-order valence-corrected chi connectivity index (χ3v) is 5.42. The van der Waals surface area contributed by atoms with E-state index in [9.17, 15) is 9.59 Å². The number of ether oxygens (including phenoxy) is 2. The van der Waals surface area contributed by atoms with Crippen molar-refractivity contribution in [3.8, 4) is 11.5 Å². The van der Waals surface area contributed by atoms with Crippen molar-refractivity contribution >= 4 is 29.2 Å². The highest BCUT2D eigenvalue weighted by atomic mass is 35.5. The van der Waals surface area contributed by atoms with Gasteiger partial charge in [0.15, 0.2) is 0 Å². The summed E-state index contributed by atoms with van der Waals surface area (Å²) in [5, 5.41) is 8.41. The van der Waals surface area contributed by atoms with E-state index in [4.69, 9.17) is 21.1 Å². The molecule has 3 rings (SSSR count). The molecule has 0 radical (unpaired) electrons. The lowest BCUT2D eigenvalue weighted by atomic mass is 10.0. The van der Waals surface area contributed by atoms with Gasteiger partial charge in [-0.25, -0.2) is 4.79 Å². The predicted molar refractivity (Wildman–Crippen MR) is 138 cm³/mol. The number of anilines is 1. The van der Waals surface area contributed by atoms with Crippen LogP contribution in [0.2, 0.25) is 5.02 Å². The fourth-order valence-electron chi connectivity index (χ4n) is 3.28. The van der Waals surface area contributed by atoms with E-state index in [0.717, 1.165) is 23.3 Å². The average molecular weight is 496 g/mol. The Kier molecular flexibility index (Phi) is 9.80. The fourth-order valence-corrected chi connectivity index (χ4v) is 3.51. The molecular weight excluding hydrogens is 466 g/mol. The zero-order valence-electron chi connectivity index (χ0n) is 19.8. The van der Waals surface area contributed by atoms with Gasteiger partial charge >= 0.3 is 6.03 Å². The van der Waals surface area contributed by atoms with Crippen molar-refractivity contribution < 1.29 is 19.1 Å². The smallest absolute Gasteiger partial charge is 0.315 e. The maximum atomic E-state index is 13.0. The lowest BCUT2D eigenvalue weighted by Crippen LogP contribution is -2.48. The lowest BCUT2D eigenvalue weighted by Gasteiger charge is -2.19. The minimum absolute atomic E-state index is 0.295. The fraction of sp³-hybridized carbons (Fsp3) is 0.259. The normalized spacial score (nSPS) is 11.3. The first-order chi connectivity index (χ1) is 17.0. The highest BCUT2D eigenvalue weighted by Crippen LogP contribution is 2.28. The van der Waals surface area contributed by atoms with Crippen LogP contribution in [0, 0.1) is 0 Å². The van der Waals surface area contributed by atoms with E-state index in [1.807, 2.05) is 61.5 Å². The quantitative estimate of drug-likeness (QED) is 0.341. The number of urea groups is 1. The molecule has 0 aliphatic heterocycles. The number of halogens is 1. The summed E-state index contributed by atoms with van der Waals surface area (Å²) in [5.41, 5.74) is 2.46. The third kappa shape index (κ3) is 8.22. The Balaban J connectivity index is 1.64. The molecule has 3 aromatic rings. The van der Waals surface area contributed by atoms with Gasteiger partial charge in [-0.05, 0) is 47.9 Å². The predicted octanol–water partition coefficient (Wildman–Crippen LogP) is 5.19. The van der Waals surface area contributed by atoms with Crippen molar-refractivity contribution in [3.05, 3.63) is 88.9 Å². The number of carbonyl (C=O) groups is 2. The van der Waals surface area contributed by atoms with Crippen LogP contribution in [0.15, 0.2) is 72.8 Å². The first-order valence-electron chi connectivity index (χ1n) is 11.5. The van der Waals surface area contributed by atoms with E-state index in [1.54, 1.807) is 18.2 Å². The van der Waals surface area contributed by atoms with Gasteiger partial charge in [0.05, 0.1) is 11.6 Å². The Morgan fingerprint density at radius 1 is 0.943 bits per heavy atom. The van der Waals surface area contributed by atoms with Crippen LogP contribution in [0.4, 0.5) is 10.5 Å². The van der Waals surface area contributed by atoms with E-state index in [0.29, 0.717) is 36.1 Å². The molecule has 35 heavy (non-hydrogen) atoms. The molecule has 0 aliphatic rings. The van der Waals surface area contributed by atoms with Crippen molar-refractivity contribution in [1.82, 2.24) is 10.6 Å². The molecule has 0 spiro atoms. The average Bonchev–Trinajstić information content (AvgIpc) is 2.88. The minimum atomic E-state index is -0.805. The number of amides is 3. The molecular formula is C27H30ClN3O4. The van der Waals surface area contributed by atoms with E-state index < -0.39 is 12.1 Å². The second-order valence-corrected chi connectivity index (χ2v) is 8.29. The molecule has 0 heterocycles. The zero-order chi connectivity index (χ0) is 25.0. The van der Waals surface area contributed by atoms with E-state index in [2.05, 4.69) is 16.0 Å². The van der Waals surface area contributed by atoms with Gasteiger partial charge in [0, 0.05) is 19.2 Å². The number of nitrogens with one attached hydrogen (secondary N) is 3. The Labute approximate surface area is 210 Å². The SMILES string of the molecule is CCCOc1ccc(NC(=O)C(Cc2ccc(OCc3ccccc3)cc2)NC(=O)NC)cc1Cl. The van der Waals surface area contributed by atoms with Gasteiger partial charge in [0.25, 0.3) is 0 Å².